The third-order valence-electron chi connectivity index (χ3n) is 11.4. The zero-order valence-electron chi connectivity index (χ0n) is 28.3. The van der Waals surface area contributed by atoms with Crippen LogP contribution in [0.4, 0.5) is 14.5 Å². The number of aliphatic carboxylic acids is 1. The van der Waals surface area contributed by atoms with Crippen molar-refractivity contribution >= 4 is 17.6 Å². The number of carboxylic acid groups (broad SMARTS) is 1. The lowest BCUT2D eigenvalue weighted by Gasteiger charge is -2.35. The number of methoxy groups -OCH3 is 3. The molecule has 0 radical (unpaired) electrons. The van der Waals surface area contributed by atoms with Crippen LogP contribution in [0.5, 0.6) is 5.75 Å². The summed E-state index contributed by atoms with van der Waals surface area (Å²) < 4.78 is 49.1. The number of likely N-dealkylation sites (tertiary alicyclic amines) is 2. The lowest BCUT2D eigenvalue weighted by atomic mass is 9.85. The quantitative estimate of drug-likeness (QED) is 0.368. The molecule has 1 saturated carbocycles. The van der Waals surface area contributed by atoms with Crippen LogP contribution >= 0.6 is 0 Å². The molecule has 9 nitrogen and oxygen atoms in total. The summed E-state index contributed by atoms with van der Waals surface area (Å²) in [6.07, 6.45) is 5.35. The second kappa shape index (κ2) is 14.7. The topological polar surface area (TPSA) is 91.8 Å². The number of ether oxygens (including phenoxy) is 3. The van der Waals surface area contributed by atoms with Gasteiger partial charge in [-0.25, -0.2) is 8.78 Å². The summed E-state index contributed by atoms with van der Waals surface area (Å²) in [6, 6.07) is 11.9. The Bertz CT molecular complexity index is 1430. The van der Waals surface area contributed by atoms with Crippen molar-refractivity contribution in [2.24, 2.45) is 5.92 Å². The minimum absolute atomic E-state index is 0.0199. The molecule has 3 heterocycles. The molecule has 1 aliphatic carbocycles. The van der Waals surface area contributed by atoms with Crippen molar-refractivity contribution in [3.8, 4) is 5.75 Å². The van der Waals surface area contributed by atoms with Gasteiger partial charge >= 0.3 is 5.97 Å². The Labute approximate surface area is 282 Å². The molecule has 262 valence electrons. The van der Waals surface area contributed by atoms with Crippen molar-refractivity contribution in [2.75, 3.05) is 65.6 Å². The van der Waals surface area contributed by atoms with E-state index in [9.17, 15) is 19.1 Å². The van der Waals surface area contributed by atoms with Crippen LogP contribution in [-0.2, 0) is 19.1 Å². The number of carbonyl (C=O) groups is 2. The molecule has 11 heteroatoms. The second-order valence-corrected chi connectivity index (χ2v) is 14.1. The smallest absolute Gasteiger partial charge is 0.306 e. The Morgan fingerprint density at radius 2 is 1.67 bits per heavy atom. The van der Waals surface area contributed by atoms with Gasteiger partial charge in [0.1, 0.15) is 11.6 Å². The summed E-state index contributed by atoms with van der Waals surface area (Å²) in [5.74, 6) is -2.25. The van der Waals surface area contributed by atoms with Gasteiger partial charge < -0.3 is 29.1 Å². The van der Waals surface area contributed by atoms with E-state index in [1.54, 1.807) is 32.3 Å². The van der Waals surface area contributed by atoms with Gasteiger partial charge in [-0.1, -0.05) is 18.2 Å². The Hall–Kier alpha value is -3.28. The van der Waals surface area contributed by atoms with Crippen LogP contribution < -0.4 is 9.64 Å². The molecular formula is C37H49F2N3O6. The van der Waals surface area contributed by atoms with Gasteiger partial charge in [0.25, 0.3) is 5.91 Å². The number of rotatable bonds is 10. The van der Waals surface area contributed by atoms with E-state index in [1.165, 1.54) is 12.1 Å². The first kappa shape index (κ1) is 34.6. The molecule has 1 N–H and O–H groups in total. The summed E-state index contributed by atoms with van der Waals surface area (Å²) >= 11 is 0. The fourth-order valence-electron chi connectivity index (χ4n) is 8.68. The molecule has 6 rings (SSSR count). The van der Waals surface area contributed by atoms with Gasteiger partial charge in [0, 0.05) is 70.5 Å². The van der Waals surface area contributed by atoms with Gasteiger partial charge in [0.2, 0.25) is 5.67 Å². The predicted octanol–water partition coefficient (Wildman–Crippen LogP) is 5.23. The molecule has 4 atom stereocenters. The highest BCUT2D eigenvalue weighted by atomic mass is 19.1. The van der Waals surface area contributed by atoms with Crippen molar-refractivity contribution in [1.82, 2.24) is 9.80 Å². The first-order chi connectivity index (χ1) is 23.1. The van der Waals surface area contributed by atoms with E-state index in [2.05, 4.69) is 9.80 Å². The summed E-state index contributed by atoms with van der Waals surface area (Å²) in [5, 5.41) is 9.49. The number of hydrogen-bond acceptors (Lipinski definition) is 7. The normalized spacial score (nSPS) is 30.1. The van der Waals surface area contributed by atoms with Crippen molar-refractivity contribution in [3.63, 3.8) is 0 Å². The highest BCUT2D eigenvalue weighted by Crippen LogP contribution is 2.46. The van der Waals surface area contributed by atoms with Crippen LogP contribution in [0.1, 0.15) is 67.9 Å². The number of piperidine rings is 1. The monoisotopic (exact) mass is 669 g/mol. The lowest BCUT2D eigenvalue weighted by molar-refractivity contribution is -0.146. The Kier molecular flexibility index (Phi) is 10.6. The Morgan fingerprint density at radius 1 is 0.958 bits per heavy atom. The molecule has 4 fully saturated rings. The first-order valence-electron chi connectivity index (χ1n) is 17.3. The van der Waals surface area contributed by atoms with Crippen molar-refractivity contribution < 1.29 is 37.7 Å². The average molecular weight is 670 g/mol. The molecule has 0 bridgehead atoms. The number of carbonyl (C=O) groups excluding carboxylic acids is 1. The van der Waals surface area contributed by atoms with E-state index in [1.807, 2.05) is 24.3 Å². The van der Waals surface area contributed by atoms with Gasteiger partial charge in [-0.15, -0.1) is 0 Å². The standard InChI is InChI=1S/C37H49F2N3O6/c1-46-22-29-18-26(32-13-6-27(38)19-34(32)40-16-14-25(15-17-40)35(43)44)20-42(29)36(45)37(39)23-41(28-7-11-31(48-3)12-8-28)21-33(37)24-4-9-30(47-2)10-5-24/h4-6,9-10,13,19,25-26,28-29,31,33H,7-8,11-12,14-18,20-23H2,1-3H3,(H,43,44)/t26-,28-,29+,31-,33+,37+/m1/s1. The van der Waals surface area contributed by atoms with E-state index in [0.29, 0.717) is 44.6 Å². The Morgan fingerprint density at radius 3 is 2.29 bits per heavy atom. The molecule has 0 unspecified atom stereocenters. The maximum absolute atomic E-state index is 17.9. The van der Waals surface area contributed by atoms with E-state index in [4.69, 9.17) is 14.2 Å². The summed E-state index contributed by atoms with van der Waals surface area (Å²) in [7, 11) is 4.92. The third kappa shape index (κ3) is 6.91. The highest BCUT2D eigenvalue weighted by molar-refractivity contribution is 5.88. The molecule has 1 amide bonds. The van der Waals surface area contributed by atoms with Crippen LogP contribution in [0.3, 0.4) is 0 Å². The molecule has 0 spiro atoms. The Balaban J connectivity index is 1.27. The van der Waals surface area contributed by atoms with Crippen LogP contribution in [0.15, 0.2) is 42.5 Å². The van der Waals surface area contributed by atoms with E-state index in [0.717, 1.165) is 42.5 Å². The van der Waals surface area contributed by atoms with Crippen LogP contribution in [0, 0.1) is 11.7 Å². The molecule has 4 aliphatic rings. The van der Waals surface area contributed by atoms with Crippen molar-refractivity contribution in [3.05, 3.63) is 59.4 Å². The van der Waals surface area contributed by atoms with E-state index < -0.39 is 29.4 Å². The zero-order valence-corrected chi connectivity index (χ0v) is 28.3. The number of benzene rings is 2. The lowest BCUT2D eigenvalue weighted by Crippen LogP contribution is -2.53. The summed E-state index contributed by atoms with van der Waals surface area (Å²) in [4.78, 5) is 32.2. The van der Waals surface area contributed by atoms with Gasteiger partial charge in [0.15, 0.2) is 0 Å². The number of carboxylic acids is 1. The van der Waals surface area contributed by atoms with Gasteiger partial charge in [0.05, 0.1) is 31.8 Å². The fourth-order valence-corrected chi connectivity index (χ4v) is 8.68. The van der Waals surface area contributed by atoms with Crippen LogP contribution in [0.2, 0.25) is 0 Å². The van der Waals surface area contributed by atoms with Gasteiger partial charge in [-0.05, 0) is 80.3 Å². The minimum atomic E-state index is -2.15. The molecule has 0 aromatic heterocycles. The van der Waals surface area contributed by atoms with E-state index >= 15 is 4.39 Å². The minimum Gasteiger partial charge on any atom is -0.497 e. The molecule has 3 aliphatic heterocycles. The summed E-state index contributed by atoms with van der Waals surface area (Å²) in [5.41, 5.74) is 0.227. The fraction of sp³-hybridized carbons (Fsp3) is 0.622. The SMILES string of the molecule is COC[C@@H]1C[C@@H](c2ccc(F)cc2N2CCC(C(=O)O)CC2)CN1C(=O)[C@]1(F)CN([C@H]2CC[C@H](OC)CC2)C[C@H]1c1ccc(OC)cc1. The number of alkyl halides is 1. The highest BCUT2D eigenvalue weighted by Gasteiger charge is 2.58. The average Bonchev–Trinajstić information content (AvgIpc) is 3.70. The van der Waals surface area contributed by atoms with Crippen LogP contribution in [-0.4, -0.2) is 111 Å². The predicted molar refractivity (Wildman–Crippen MR) is 178 cm³/mol. The molecule has 2 aromatic rings. The third-order valence-corrected chi connectivity index (χ3v) is 11.4. The molecule has 2 aromatic carbocycles. The van der Waals surface area contributed by atoms with E-state index in [-0.39, 0.29) is 49.6 Å². The number of hydrogen-bond donors (Lipinski definition) is 1. The first-order valence-corrected chi connectivity index (χ1v) is 17.3. The zero-order chi connectivity index (χ0) is 34.0. The molecular weight excluding hydrogens is 620 g/mol. The number of anilines is 1. The largest absolute Gasteiger partial charge is 0.497 e. The van der Waals surface area contributed by atoms with Crippen LogP contribution in [0.25, 0.3) is 0 Å². The van der Waals surface area contributed by atoms with Crippen molar-refractivity contribution in [2.45, 2.75) is 80.6 Å². The maximum Gasteiger partial charge on any atom is 0.306 e. The molecule has 3 saturated heterocycles. The summed E-state index contributed by atoms with van der Waals surface area (Å²) in [6.45, 7) is 2.02. The second-order valence-electron chi connectivity index (χ2n) is 14.1. The number of amides is 1. The molecule has 48 heavy (non-hydrogen) atoms. The van der Waals surface area contributed by atoms with Crippen molar-refractivity contribution in [1.29, 1.82) is 0 Å². The van der Waals surface area contributed by atoms with Gasteiger partial charge in [-0.2, -0.15) is 0 Å². The van der Waals surface area contributed by atoms with Gasteiger partial charge in [-0.3, -0.25) is 14.5 Å². The maximum atomic E-state index is 17.9. The number of nitrogens with zero attached hydrogens (tertiary/aromatic N) is 3. The number of halogens is 2.